The van der Waals surface area contributed by atoms with E-state index in [1.54, 1.807) is 13.0 Å². The Labute approximate surface area is 182 Å². The summed E-state index contributed by atoms with van der Waals surface area (Å²) in [6.45, 7) is 3.39. The van der Waals surface area contributed by atoms with Gasteiger partial charge in [-0.3, -0.25) is 0 Å². The van der Waals surface area contributed by atoms with Crippen LogP contribution < -0.4 is 5.48 Å². The average molecular weight is 432 g/mol. The van der Waals surface area contributed by atoms with E-state index in [9.17, 15) is 19.1 Å². The summed E-state index contributed by atoms with van der Waals surface area (Å²) in [5.74, 6) is -0.996. The van der Waals surface area contributed by atoms with Crippen LogP contribution in [0.4, 0.5) is 9.18 Å². The molecular weight excluding hydrogens is 401 g/mol. The van der Waals surface area contributed by atoms with Crippen LogP contribution in [0, 0.1) is 11.2 Å². The zero-order chi connectivity index (χ0) is 22.7. The van der Waals surface area contributed by atoms with Crippen molar-refractivity contribution in [3.63, 3.8) is 0 Å². The van der Waals surface area contributed by atoms with Crippen LogP contribution in [0.3, 0.4) is 0 Å². The maximum atomic E-state index is 13.4. The molecule has 0 bridgehead atoms. The molecule has 1 unspecified atom stereocenters. The number of hydroxylamine groups is 1. The van der Waals surface area contributed by atoms with Crippen LogP contribution in [0.15, 0.2) is 48.5 Å². The van der Waals surface area contributed by atoms with Gasteiger partial charge in [0.2, 0.25) is 0 Å². The predicted molar refractivity (Wildman–Crippen MR) is 115 cm³/mol. The van der Waals surface area contributed by atoms with E-state index in [0.717, 1.165) is 29.5 Å². The minimum Gasteiger partial charge on any atom is -0.447 e. The molecular formula is C24H30FNO5. The van der Waals surface area contributed by atoms with Gasteiger partial charge in [0, 0.05) is 0 Å². The number of hydrogen-bond donors (Lipinski definition) is 2. The SMILES string of the molecule is CCCCOC(=O)NOC(=O)C(C)(CO)CCCc1ccc(-c2cccc(F)c2)cc1. The van der Waals surface area contributed by atoms with Gasteiger partial charge in [0.05, 0.1) is 18.6 Å². The van der Waals surface area contributed by atoms with Crippen molar-refractivity contribution in [1.29, 1.82) is 0 Å². The van der Waals surface area contributed by atoms with E-state index < -0.39 is 24.1 Å². The molecule has 1 amide bonds. The lowest BCUT2D eigenvalue weighted by Crippen LogP contribution is -2.39. The summed E-state index contributed by atoms with van der Waals surface area (Å²) in [6, 6.07) is 14.2. The van der Waals surface area contributed by atoms with Crippen LogP contribution in [0.2, 0.25) is 0 Å². The van der Waals surface area contributed by atoms with Crippen molar-refractivity contribution in [2.24, 2.45) is 5.41 Å². The number of unbranched alkanes of at least 4 members (excludes halogenated alkanes) is 1. The Hall–Kier alpha value is -2.93. The first-order valence-corrected chi connectivity index (χ1v) is 10.5. The maximum Gasteiger partial charge on any atom is 0.440 e. The molecule has 0 saturated heterocycles. The van der Waals surface area contributed by atoms with Crippen molar-refractivity contribution in [2.45, 2.75) is 46.0 Å². The second-order valence-electron chi connectivity index (χ2n) is 7.76. The Kier molecular flexibility index (Phi) is 9.46. The number of ether oxygens (including phenoxy) is 1. The second kappa shape index (κ2) is 12.1. The Bertz CT molecular complexity index is 855. The third-order valence-corrected chi connectivity index (χ3v) is 5.11. The normalized spacial score (nSPS) is 12.6. The molecule has 2 rings (SSSR count). The molecule has 7 heteroatoms. The monoisotopic (exact) mass is 431 g/mol. The number of aliphatic hydroxyl groups is 1. The molecule has 0 saturated carbocycles. The van der Waals surface area contributed by atoms with Gasteiger partial charge in [-0.05, 0) is 61.4 Å². The van der Waals surface area contributed by atoms with Crippen LogP contribution in [0.25, 0.3) is 11.1 Å². The van der Waals surface area contributed by atoms with Crippen molar-refractivity contribution < 1.29 is 28.7 Å². The van der Waals surface area contributed by atoms with E-state index >= 15 is 0 Å². The Morgan fingerprint density at radius 3 is 2.48 bits per heavy atom. The smallest absolute Gasteiger partial charge is 0.440 e. The lowest BCUT2D eigenvalue weighted by atomic mass is 9.85. The molecule has 0 aromatic heterocycles. The molecule has 6 nitrogen and oxygen atoms in total. The molecule has 1 atom stereocenters. The standard InChI is InChI=1S/C24H30FNO5/c1-3-4-15-30-23(29)26-31-22(28)24(2,17-27)14-6-7-18-10-12-19(13-11-18)20-8-5-9-21(25)16-20/h5,8-13,16,27H,3-4,6-7,14-15,17H2,1-2H3,(H,26,29). The first kappa shape index (κ1) is 24.3. The number of hydrogen-bond acceptors (Lipinski definition) is 5. The summed E-state index contributed by atoms with van der Waals surface area (Å²) in [6.07, 6.45) is 2.47. The molecule has 0 spiro atoms. The molecule has 0 aliphatic heterocycles. The quantitative estimate of drug-likeness (QED) is 0.417. The third-order valence-electron chi connectivity index (χ3n) is 5.11. The Morgan fingerprint density at radius 2 is 1.84 bits per heavy atom. The van der Waals surface area contributed by atoms with Crippen LogP contribution >= 0.6 is 0 Å². The first-order chi connectivity index (χ1) is 14.9. The van der Waals surface area contributed by atoms with Crippen molar-refractivity contribution in [3.05, 3.63) is 59.9 Å². The number of benzene rings is 2. The van der Waals surface area contributed by atoms with Gasteiger partial charge in [-0.15, -0.1) is 5.48 Å². The van der Waals surface area contributed by atoms with Crippen molar-refractivity contribution in [3.8, 4) is 11.1 Å². The minimum atomic E-state index is -1.14. The molecule has 2 aromatic carbocycles. The van der Waals surface area contributed by atoms with Gasteiger partial charge in [0.25, 0.3) is 0 Å². The van der Waals surface area contributed by atoms with E-state index in [0.29, 0.717) is 19.3 Å². The zero-order valence-corrected chi connectivity index (χ0v) is 18.0. The highest BCUT2D eigenvalue weighted by atomic mass is 19.1. The Balaban J connectivity index is 1.83. The number of amides is 1. The topological polar surface area (TPSA) is 84.9 Å². The number of nitrogens with one attached hydrogen (secondary N) is 1. The van der Waals surface area contributed by atoms with Gasteiger partial charge in [-0.2, -0.15) is 0 Å². The molecule has 0 aliphatic rings. The summed E-state index contributed by atoms with van der Waals surface area (Å²) in [7, 11) is 0. The second-order valence-corrected chi connectivity index (χ2v) is 7.76. The number of halogens is 1. The number of aryl methyl sites for hydroxylation is 1. The van der Waals surface area contributed by atoms with Gasteiger partial charge in [0.15, 0.2) is 0 Å². The van der Waals surface area contributed by atoms with Gasteiger partial charge in [-0.1, -0.05) is 49.7 Å². The summed E-state index contributed by atoms with van der Waals surface area (Å²) >= 11 is 0. The fourth-order valence-electron chi connectivity index (χ4n) is 3.01. The van der Waals surface area contributed by atoms with Crippen LogP contribution in [0.1, 0.15) is 45.1 Å². The number of carbonyl (C=O) groups excluding carboxylic acids is 2. The number of aliphatic hydroxyl groups excluding tert-OH is 1. The van der Waals surface area contributed by atoms with Crippen molar-refractivity contribution in [2.75, 3.05) is 13.2 Å². The third kappa shape index (κ3) is 7.68. The highest BCUT2D eigenvalue weighted by Gasteiger charge is 2.34. The van der Waals surface area contributed by atoms with E-state index in [-0.39, 0.29) is 12.4 Å². The molecule has 2 aromatic rings. The molecule has 2 N–H and O–H groups in total. The van der Waals surface area contributed by atoms with Crippen LogP contribution in [-0.2, 0) is 20.8 Å². The van der Waals surface area contributed by atoms with E-state index in [1.165, 1.54) is 12.1 Å². The minimum absolute atomic E-state index is 0.245. The fourth-order valence-corrected chi connectivity index (χ4v) is 3.01. The largest absolute Gasteiger partial charge is 0.447 e. The summed E-state index contributed by atoms with van der Waals surface area (Å²) in [4.78, 5) is 28.6. The summed E-state index contributed by atoms with van der Waals surface area (Å²) in [5, 5.41) is 9.70. The van der Waals surface area contributed by atoms with Gasteiger partial charge >= 0.3 is 12.1 Å². The molecule has 0 heterocycles. The van der Waals surface area contributed by atoms with Crippen molar-refractivity contribution in [1.82, 2.24) is 5.48 Å². The van der Waals surface area contributed by atoms with Gasteiger partial charge < -0.3 is 14.7 Å². The van der Waals surface area contributed by atoms with Gasteiger partial charge in [0.1, 0.15) is 5.82 Å². The molecule has 0 aliphatic carbocycles. The van der Waals surface area contributed by atoms with E-state index in [2.05, 4.69) is 0 Å². The predicted octanol–water partition coefficient (Wildman–Crippen LogP) is 4.80. The highest BCUT2D eigenvalue weighted by molar-refractivity contribution is 5.78. The number of carbonyl (C=O) groups is 2. The van der Waals surface area contributed by atoms with Crippen LogP contribution in [0.5, 0.6) is 0 Å². The summed E-state index contributed by atoms with van der Waals surface area (Å²) in [5.41, 5.74) is 3.62. The highest BCUT2D eigenvalue weighted by Crippen LogP contribution is 2.26. The lowest BCUT2D eigenvalue weighted by Gasteiger charge is -2.24. The lowest BCUT2D eigenvalue weighted by molar-refractivity contribution is -0.164. The zero-order valence-electron chi connectivity index (χ0n) is 18.0. The van der Waals surface area contributed by atoms with Crippen LogP contribution in [-0.4, -0.2) is 30.4 Å². The first-order valence-electron chi connectivity index (χ1n) is 10.5. The molecule has 0 radical (unpaired) electrons. The maximum absolute atomic E-state index is 13.4. The average Bonchev–Trinajstić information content (AvgIpc) is 2.78. The fraction of sp³-hybridized carbons (Fsp3) is 0.417. The number of rotatable bonds is 10. The summed E-state index contributed by atoms with van der Waals surface area (Å²) < 4.78 is 18.2. The van der Waals surface area contributed by atoms with Gasteiger partial charge in [-0.25, -0.2) is 14.0 Å². The molecule has 31 heavy (non-hydrogen) atoms. The van der Waals surface area contributed by atoms with E-state index in [1.807, 2.05) is 42.7 Å². The Morgan fingerprint density at radius 1 is 1.10 bits per heavy atom. The van der Waals surface area contributed by atoms with Crippen molar-refractivity contribution >= 4 is 12.1 Å². The molecule has 0 fully saturated rings. The molecule has 168 valence electrons. The van der Waals surface area contributed by atoms with E-state index in [4.69, 9.17) is 9.57 Å².